The summed E-state index contributed by atoms with van der Waals surface area (Å²) in [5.41, 5.74) is 0.420. The van der Waals surface area contributed by atoms with Gasteiger partial charge in [0.2, 0.25) is 5.95 Å². The van der Waals surface area contributed by atoms with Gasteiger partial charge >= 0.3 is 0 Å². The van der Waals surface area contributed by atoms with Crippen molar-refractivity contribution in [2.24, 2.45) is 0 Å². The van der Waals surface area contributed by atoms with Crippen LogP contribution < -0.4 is 16.2 Å². The second-order valence-electron chi connectivity index (χ2n) is 4.62. The lowest BCUT2D eigenvalue weighted by Crippen LogP contribution is -2.29. The highest BCUT2D eigenvalue weighted by Gasteiger charge is 2.10. The predicted molar refractivity (Wildman–Crippen MR) is 86.3 cm³/mol. The fraction of sp³-hybridized carbons (Fsp3) is 0.357. The first kappa shape index (κ1) is 16.2. The zero-order valence-corrected chi connectivity index (χ0v) is 13.3. The summed E-state index contributed by atoms with van der Waals surface area (Å²) < 4.78 is 5.42. The van der Waals surface area contributed by atoms with Crippen molar-refractivity contribution in [3.05, 3.63) is 45.8 Å². The number of aromatic nitrogens is 2. The topological polar surface area (TPSA) is 100 Å². The van der Waals surface area contributed by atoms with Gasteiger partial charge in [-0.2, -0.15) is 11.8 Å². The van der Waals surface area contributed by atoms with E-state index in [4.69, 9.17) is 4.42 Å². The Morgan fingerprint density at radius 2 is 2.23 bits per heavy atom. The van der Waals surface area contributed by atoms with Crippen LogP contribution in [-0.2, 0) is 5.75 Å². The van der Waals surface area contributed by atoms with Crippen LogP contribution in [0.1, 0.15) is 22.0 Å². The minimum atomic E-state index is -0.264. The predicted octanol–water partition coefficient (Wildman–Crippen LogP) is 1.38. The van der Waals surface area contributed by atoms with Crippen molar-refractivity contribution in [3.8, 4) is 0 Å². The molecule has 3 N–H and O–H groups in total. The normalized spacial score (nSPS) is 10.5. The molecule has 0 saturated carbocycles. The van der Waals surface area contributed by atoms with Crippen molar-refractivity contribution in [2.45, 2.75) is 12.7 Å². The summed E-state index contributed by atoms with van der Waals surface area (Å²) in [6.07, 6.45) is 1.97. The number of furan rings is 1. The average molecular weight is 322 g/mol. The maximum absolute atomic E-state index is 11.9. The first-order valence-corrected chi connectivity index (χ1v) is 8.15. The fourth-order valence-electron chi connectivity index (χ4n) is 1.83. The number of aromatic amines is 1. The molecular formula is C14H18N4O3S. The van der Waals surface area contributed by atoms with E-state index in [2.05, 4.69) is 20.6 Å². The van der Waals surface area contributed by atoms with Gasteiger partial charge in [-0.3, -0.25) is 14.6 Å². The summed E-state index contributed by atoms with van der Waals surface area (Å²) in [7, 11) is 0. The van der Waals surface area contributed by atoms with E-state index in [1.165, 1.54) is 6.07 Å². The maximum Gasteiger partial charge on any atom is 0.287 e. The number of anilines is 1. The Morgan fingerprint density at radius 1 is 1.41 bits per heavy atom. The van der Waals surface area contributed by atoms with Gasteiger partial charge in [0.15, 0.2) is 5.76 Å². The SMILES string of the molecule is CSCc1ccc(C(=O)NCCNc2nc(C)cc(=O)[nH]2)o1. The van der Waals surface area contributed by atoms with Crippen LogP contribution in [0.15, 0.2) is 27.4 Å². The summed E-state index contributed by atoms with van der Waals surface area (Å²) in [5.74, 6) is 1.93. The third kappa shape index (κ3) is 4.66. The molecule has 0 aliphatic rings. The molecule has 0 unspecified atom stereocenters. The molecule has 0 aromatic carbocycles. The second-order valence-corrected chi connectivity index (χ2v) is 5.48. The monoisotopic (exact) mass is 322 g/mol. The number of carbonyl (C=O) groups is 1. The molecule has 2 rings (SSSR count). The molecule has 0 fully saturated rings. The van der Waals surface area contributed by atoms with Crippen LogP contribution in [0.4, 0.5) is 5.95 Å². The first-order valence-electron chi connectivity index (χ1n) is 6.76. The molecule has 8 heteroatoms. The lowest BCUT2D eigenvalue weighted by Gasteiger charge is -2.06. The third-order valence-corrected chi connectivity index (χ3v) is 3.32. The molecule has 0 bridgehead atoms. The summed E-state index contributed by atoms with van der Waals surface area (Å²) in [4.78, 5) is 29.8. The highest BCUT2D eigenvalue weighted by Crippen LogP contribution is 2.13. The highest BCUT2D eigenvalue weighted by molar-refractivity contribution is 7.97. The van der Waals surface area contributed by atoms with Crippen LogP contribution in [0.3, 0.4) is 0 Å². The molecule has 1 amide bonds. The Bertz CT molecular complexity index is 695. The quantitative estimate of drug-likeness (QED) is 0.666. The fourth-order valence-corrected chi connectivity index (χ4v) is 2.27. The number of rotatable bonds is 7. The maximum atomic E-state index is 11.9. The van der Waals surface area contributed by atoms with E-state index in [1.54, 1.807) is 30.8 Å². The molecule has 2 heterocycles. The number of H-pyrrole nitrogens is 1. The van der Waals surface area contributed by atoms with Crippen molar-refractivity contribution in [1.29, 1.82) is 0 Å². The van der Waals surface area contributed by atoms with E-state index in [0.29, 0.717) is 30.5 Å². The lowest BCUT2D eigenvalue weighted by atomic mass is 10.4. The van der Waals surface area contributed by atoms with Crippen LogP contribution in [0.5, 0.6) is 0 Å². The molecule has 0 atom stereocenters. The Kier molecular flexibility index (Phi) is 5.65. The van der Waals surface area contributed by atoms with Crippen LogP contribution in [-0.4, -0.2) is 35.2 Å². The number of aryl methyl sites for hydroxylation is 1. The molecule has 0 aliphatic heterocycles. The Balaban J connectivity index is 1.78. The first-order chi connectivity index (χ1) is 10.6. The van der Waals surface area contributed by atoms with Crippen molar-refractivity contribution in [1.82, 2.24) is 15.3 Å². The van der Waals surface area contributed by atoms with Gasteiger partial charge in [0, 0.05) is 24.8 Å². The second kappa shape index (κ2) is 7.69. The number of hydrogen-bond donors (Lipinski definition) is 3. The summed E-state index contributed by atoms with van der Waals surface area (Å²) in [6, 6.07) is 4.87. The highest BCUT2D eigenvalue weighted by atomic mass is 32.2. The Labute approximate surface area is 131 Å². The van der Waals surface area contributed by atoms with Gasteiger partial charge in [0.05, 0.1) is 5.75 Å². The van der Waals surface area contributed by atoms with Gasteiger partial charge in [0.1, 0.15) is 5.76 Å². The summed E-state index contributed by atoms with van der Waals surface area (Å²) in [5, 5.41) is 5.68. The Morgan fingerprint density at radius 3 is 2.95 bits per heavy atom. The molecule has 2 aromatic rings. The summed E-state index contributed by atoms with van der Waals surface area (Å²) in [6.45, 7) is 2.57. The lowest BCUT2D eigenvalue weighted by molar-refractivity contribution is 0.0926. The van der Waals surface area contributed by atoms with E-state index in [9.17, 15) is 9.59 Å². The molecule has 2 aromatic heterocycles. The number of amides is 1. The van der Waals surface area contributed by atoms with E-state index >= 15 is 0 Å². The third-order valence-electron chi connectivity index (χ3n) is 2.74. The molecule has 0 spiro atoms. The Hall–Kier alpha value is -2.22. The van der Waals surface area contributed by atoms with E-state index in [1.807, 2.05) is 6.26 Å². The number of thioether (sulfide) groups is 1. The van der Waals surface area contributed by atoms with Gasteiger partial charge in [-0.1, -0.05) is 0 Å². The largest absolute Gasteiger partial charge is 0.455 e. The van der Waals surface area contributed by atoms with Gasteiger partial charge < -0.3 is 15.1 Å². The van der Waals surface area contributed by atoms with Crippen molar-refractivity contribution in [3.63, 3.8) is 0 Å². The van der Waals surface area contributed by atoms with Gasteiger partial charge in [-0.15, -0.1) is 0 Å². The molecule has 0 saturated heterocycles. The smallest absolute Gasteiger partial charge is 0.287 e. The number of hydrogen-bond acceptors (Lipinski definition) is 6. The molecule has 0 radical (unpaired) electrons. The van der Waals surface area contributed by atoms with Gasteiger partial charge in [-0.05, 0) is 25.3 Å². The molecule has 118 valence electrons. The number of nitrogens with zero attached hydrogens (tertiary/aromatic N) is 1. The zero-order chi connectivity index (χ0) is 15.9. The van der Waals surface area contributed by atoms with Crippen LogP contribution in [0.2, 0.25) is 0 Å². The van der Waals surface area contributed by atoms with Crippen molar-refractivity contribution < 1.29 is 9.21 Å². The zero-order valence-electron chi connectivity index (χ0n) is 12.4. The minimum absolute atomic E-state index is 0.212. The van der Waals surface area contributed by atoms with Crippen LogP contribution >= 0.6 is 11.8 Å². The summed E-state index contributed by atoms with van der Waals surface area (Å²) >= 11 is 1.63. The van der Waals surface area contributed by atoms with Gasteiger partial charge in [-0.25, -0.2) is 4.98 Å². The van der Waals surface area contributed by atoms with E-state index < -0.39 is 0 Å². The number of carbonyl (C=O) groups excluding carboxylic acids is 1. The average Bonchev–Trinajstić information content (AvgIpc) is 2.91. The van der Waals surface area contributed by atoms with E-state index in [0.717, 1.165) is 11.5 Å². The molecular weight excluding hydrogens is 304 g/mol. The number of nitrogens with one attached hydrogen (secondary N) is 3. The minimum Gasteiger partial charge on any atom is -0.455 e. The van der Waals surface area contributed by atoms with Crippen LogP contribution in [0, 0.1) is 6.92 Å². The molecule has 7 nitrogen and oxygen atoms in total. The van der Waals surface area contributed by atoms with Crippen molar-refractivity contribution in [2.75, 3.05) is 24.7 Å². The van der Waals surface area contributed by atoms with Crippen LogP contribution in [0.25, 0.3) is 0 Å². The van der Waals surface area contributed by atoms with Crippen molar-refractivity contribution >= 4 is 23.6 Å². The molecule has 22 heavy (non-hydrogen) atoms. The standard InChI is InChI=1S/C14H18N4O3S/c1-9-7-12(19)18-14(17-9)16-6-5-15-13(20)11-4-3-10(21-11)8-22-2/h3-4,7H,5-6,8H2,1-2H3,(H,15,20)(H2,16,17,18,19). The van der Waals surface area contributed by atoms with E-state index in [-0.39, 0.29) is 11.5 Å². The van der Waals surface area contributed by atoms with Gasteiger partial charge in [0.25, 0.3) is 11.5 Å². The molecule has 0 aliphatic carbocycles.